The van der Waals surface area contributed by atoms with Gasteiger partial charge in [-0.25, -0.2) is 0 Å². The Morgan fingerprint density at radius 1 is 1.04 bits per heavy atom. The summed E-state index contributed by atoms with van der Waals surface area (Å²) in [4.78, 5) is 16.7. The van der Waals surface area contributed by atoms with E-state index in [4.69, 9.17) is 0 Å². The molecule has 1 heterocycles. The molecule has 2 aromatic carbocycles. The number of amides is 1. The number of halogens is 3. The quantitative estimate of drug-likeness (QED) is 0.699. The molecule has 26 heavy (non-hydrogen) atoms. The molecule has 1 unspecified atom stereocenters. The van der Waals surface area contributed by atoms with Crippen molar-refractivity contribution in [1.29, 1.82) is 0 Å². The van der Waals surface area contributed by atoms with Gasteiger partial charge < -0.3 is 5.32 Å². The highest BCUT2D eigenvalue weighted by atomic mass is 19.4. The fraction of sp³-hybridized carbons (Fsp3) is 0.200. The van der Waals surface area contributed by atoms with E-state index >= 15 is 0 Å². The summed E-state index contributed by atoms with van der Waals surface area (Å²) in [6.45, 7) is 0. The molecule has 0 aliphatic carbocycles. The van der Waals surface area contributed by atoms with E-state index in [1.54, 1.807) is 36.4 Å². The van der Waals surface area contributed by atoms with Crippen LogP contribution in [0.3, 0.4) is 0 Å². The average Bonchev–Trinajstić information content (AvgIpc) is 2.61. The van der Waals surface area contributed by atoms with Gasteiger partial charge in [0.05, 0.1) is 29.7 Å². The van der Waals surface area contributed by atoms with Gasteiger partial charge >= 0.3 is 6.18 Å². The third kappa shape index (κ3) is 4.81. The van der Waals surface area contributed by atoms with Crippen molar-refractivity contribution in [2.24, 2.45) is 5.92 Å². The molecule has 0 aliphatic rings. The summed E-state index contributed by atoms with van der Waals surface area (Å²) < 4.78 is 38.8. The first-order valence-corrected chi connectivity index (χ1v) is 8.17. The van der Waals surface area contributed by atoms with Crippen molar-refractivity contribution in [3.63, 3.8) is 0 Å². The standard InChI is InChI=1S/C20H17F3N2O/c21-20(22,23)12-16(10-14-6-2-1-3-7-14)19(26)25-17-11-15-8-4-5-9-18(15)24-13-17/h1-9,11,13,16H,10,12H2,(H,25,26). The van der Waals surface area contributed by atoms with Crippen LogP contribution in [0, 0.1) is 5.92 Å². The van der Waals surface area contributed by atoms with Gasteiger partial charge in [0.2, 0.25) is 5.91 Å². The Kier molecular flexibility index (Phi) is 5.21. The van der Waals surface area contributed by atoms with Crippen LogP contribution in [0.2, 0.25) is 0 Å². The Morgan fingerprint density at radius 2 is 1.73 bits per heavy atom. The van der Waals surface area contributed by atoms with Gasteiger partial charge in [-0.05, 0) is 24.1 Å². The zero-order valence-corrected chi connectivity index (χ0v) is 13.8. The first kappa shape index (κ1) is 17.9. The molecule has 1 atom stereocenters. The third-order valence-electron chi connectivity index (χ3n) is 4.03. The second kappa shape index (κ2) is 7.56. The summed E-state index contributed by atoms with van der Waals surface area (Å²) in [5.74, 6) is -1.87. The number of hydrogen-bond acceptors (Lipinski definition) is 2. The zero-order valence-electron chi connectivity index (χ0n) is 13.8. The minimum Gasteiger partial charge on any atom is -0.324 e. The highest BCUT2D eigenvalue weighted by Gasteiger charge is 2.35. The second-order valence-corrected chi connectivity index (χ2v) is 6.11. The van der Waals surface area contributed by atoms with Crippen molar-refractivity contribution in [1.82, 2.24) is 4.98 Å². The molecule has 0 aliphatic heterocycles. The van der Waals surface area contributed by atoms with Gasteiger partial charge in [0.25, 0.3) is 0 Å². The third-order valence-corrected chi connectivity index (χ3v) is 4.03. The smallest absolute Gasteiger partial charge is 0.324 e. The molecule has 1 aromatic heterocycles. The maximum Gasteiger partial charge on any atom is 0.389 e. The van der Waals surface area contributed by atoms with Gasteiger partial charge in [-0.3, -0.25) is 9.78 Å². The van der Waals surface area contributed by atoms with Crippen LogP contribution in [0.5, 0.6) is 0 Å². The number of anilines is 1. The molecular weight excluding hydrogens is 341 g/mol. The van der Waals surface area contributed by atoms with Gasteiger partial charge in [0.15, 0.2) is 0 Å². The first-order chi connectivity index (χ1) is 12.4. The lowest BCUT2D eigenvalue weighted by Crippen LogP contribution is -2.29. The van der Waals surface area contributed by atoms with E-state index in [0.29, 0.717) is 11.3 Å². The molecule has 0 spiro atoms. The number of carbonyl (C=O) groups excluding carboxylic acids is 1. The number of para-hydroxylation sites is 1. The van der Waals surface area contributed by atoms with Crippen LogP contribution >= 0.6 is 0 Å². The van der Waals surface area contributed by atoms with Crippen molar-refractivity contribution < 1.29 is 18.0 Å². The van der Waals surface area contributed by atoms with Gasteiger partial charge in [-0.1, -0.05) is 48.5 Å². The summed E-state index contributed by atoms with van der Waals surface area (Å²) in [5.41, 5.74) is 1.82. The van der Waals surface area contributed by atoms with E-state index in [0.717, 1.165) is 10.9 Å². The topological polar surface area (TPSA) is 42.0 Å². The number of nitrogens with one attached hydrogen (secondary N) is 1. The van der Waals surface area contributed by atoms with E-state index in [1.165, 1.54) is 6.20 Å². The number of alkyl halides is 3. The molecule has 0 fully saturated rings. The monoisotopic (exact) mass is 358 g/mol. The number of fused-ring (bicyclic) bond motifs is 1. The molecule has 0 saturated carbocycles. The van der Waals surface area contributed by atoms with Crippen molar-refractivity contribution in [3.05, 3.63) is 72.4 Å². The van der Waals surface area contributed by atoms with E-state index in [-0.39, 0.29) is 6.42 Å². The largest absolute Gasteiger partial charge is 0.389 e. The van der Waals surface area contributed by atoms with E-state index in [9.17, 15) is 18.0 Å². The highest BCUT2D eigenvalue weighted by Crippen LogP contribution is 2.28. The molecule has 1 N–H and O–H groups in total. The SMILES string of the molecule is O=C(Nc1cnc2ccccc2c1)C(Cc1ccccc1)CC(F)(F)F. The van der Waals surface area contributed by atoms with Crippen molar-refractivity contribution in [2.45, 2.75) is 19.0 Å². The lowest BCUT2D eigenvalue weighted by atomic mass is 9.95. The van der Waals surface area contributed by atoms with Crippen molar-refractivity contribution in [3.8, 4) is 0 Å². The number of nitrogens with zero attached hydrogens (tertiary/aromatic N) is 1. The molecule has 3 nitrogen and oxygen atoms in total. The summed E-state index contributed by atoms with van der Waals surface area (Å²) in [5, 5.41) is 3.38. The maximum absolute atomic E-state index is 12.9. The summed E-state index contributed by atoms with van der Waals surface area (Å²) in [6, 6.07) is 17.7. The number of hydrogen-bond donors (Lipinski definition) is 1. The Balaban J connectivity index is 1.79. The summed E-state index contributed by atoms with van der Waals surface area (Å²) >= 11 is 0. The van der Waals surface area contributed by atoms with E-state index in [2.05, 4.69) is 10.3 Å². The summed E-state index contributed by atoms with van der Waals surface area (Å²) in [7, 11) is 0. The van der Waals surface area contributed by atoms with Crippen LogP contribution in [0.25, 0.3) is 10.9 Å². The highest BCUT2D eigenvalue weighted by molar-refractivity contribution is 5.94. The van der Waals surface area contributed by atoms with Crippen molar-refractivity contribution >= 4 is 22.5 Å². The Morgan fingerprint density at radius 3 is 2.46 bits per heavy atom. The number of aromatic nitrogens is 1. The maximum atomic E-state index is 12.9. The normalized spacial score (nSPS) is 12.7. The number of pyridine rings is 1. The number of carbonyl (C=O) groups is 1. The fourth-order valence-electron chi connectivity index (χ4n) is 2.82. The number of benzene rings is 2. The molecule has 0 saturated heterocycles. The Hall–Kier alpha value is -2.89. The molecule has 134 valence electrons. The predicted octanol–water partition coefficient (Wildman–Crippen LogP) is 4.98. The van der Waals surface area contributed by atoms with Gasteiger partial charge in [0.1, 0.15) is 0 Å². The molecule has 3 aromatic rings. The second-order valence-electron chi connectivity index (χ2n) is 6.11. The van der Waals surface area contributed by atoms with Crippen LogP contribution in [-0.4, -0.2) is 17.1 Å². The lowest BCUT2D eigenvalue weighted by Gasteiger charge is -2.18. The first-order valence-electron chi connectivity index (χ1n) is 8.17. The predicted molar refractivity (Wildman–Crippen MR) is 94.7 cm³/mol. The van der Waals surface area contributed by atoms with Crippen LogP contribution in [-0.2, 0) is 11.2 Å². The van der Waals surface area contributed by atoms with Crippen LogP contribution < -0.4 is 5.32 Å². The number of rotatable bonds is 5. The van der Waals surface area contributed by atoms with Crippen LogP contribution in [0.15, 0.2) is 66.9 Å². The molecule has 3 rings (SSSR count). The van der Waals surface area contributed by atoms with Crippen LogP contribution in [0.1, 0.15) is 12.0 Å². The van der Waals surface area contributed by atoms with Crippen LogP contribution in [0.4, 0.5) is 18.9 Å². The summed E-state index contributed by atoms with van der Waals surface area (Å²) in [6.07, 6.45) is -4.12. The molecule has 1 amide bonds. The molecular formula is C20H17F3N2O. The van der Waals surface area contributed by atoms with E-state index < -0.39 is 24.4 Å². The molecule has 0 bridgehead atoms. The fourth-order valence-corrected chi connectivity index (χ4v) is 2.82. The van der Waals surface area contributed by atoms with Gasteiger partial charge in [0, 0.05) is 5.39 Å². The van der Waals surface area contributed by atoms with Gasteiger partial charge in [-0.2, -0.15) is 13.2 Å². The Bertz CT molecular complexity index is 894. The molecule has 6 heteroatoms. The Labute approximate surface area is 148 Å². The lowest BCUT2D eigenvalue weighted by molar-refractivity contribution is -0.152. The van der Waals surface area contributed by atoms with Gasteiger partial charge in [-0.15, -0.1) is 0 Å². The minimum atomic E-state index is -4.42. The van der Waals surface area contributed by atoms with Crippen molar-refractivity contribution in [2.75, 3.05) is 5.32 Å². The van der Waals surface area contributed by atoms with E-state index in [1.807, 2.05) is 24.3 Å². The molecule has 0 radical (unpaired) electrons. The minimum absolute atomic E-state index is 0.0210. The zero-order chi connectivity index (χ0) is 18.6. The average molecular weight is 358 g/mol.